The smallest absolute Gasteiger partial charge is 0.126 e. The molecule has 0 unspecified atom stereocenters. The molecule has 0 saturated carbocycles. The minimum atomic E-state index is 0.685. The predicted octanol–water partition coefficient (Wildman–Crippen LogP) is 4.11. The molecule has 2 heteroatoms. The maximum atomic E-state index is 5.42. The normalized spacial score (nSPS) is 11.6. The fourth-order valence-electron chi connectivity index (χ4n) is 2.26. The fourth-order valence-corrected chi connectivity index (χ4v) is 2.26. The summed E-state index contributed by atoms with van der Waals surface area (Å²) in [5.74, 6) is 1.61. The van der Waals surface area contributed by atoms with E-state index < -0.39 is 0 Å². The monoisotopic (exact) mass is 269 g/mol. The molecule has 0 spiro atoms. The van der Waals surface area contributed by atoms with Gasteiger partial charge in [0, 0.05) is 11.9 Å². The summed E-state index contributed by atoms with van der Waals surface area (Å²) in [5.41, 5.74) is 1.23. The molecule has 0 bridgehead atoms. The van der Waals surface area contributed by atoms with Crippen LogP contribution in [0.2, 0.25) is 0 Å². The van der Waals surface area contributed by atoms with Gasteiger partial charge in [0.2, 0.25) is 0 Å². The second kappa shape index (κ2) is 7.11. The van der Waals surface area contributed by atoms with Crippen molar-refractivity contribution in [1.82, 2.24) is 5.32 Å². The number of hydrogen-bond acceptors (Lipinski definition) is 2. The lowest BCUT2D eigenvalue weighted by Crippen LogP contribution is -2.19. The number of hydrogen-bond donors (Lipinski definition) is 1. The Morgan fingerprint density at radius 1 is 1.10 bits per heavy atom. The van der Waals surface area contributed by atoms with Crippen LogP contribution in [0.5, 0.6) is 5.75 Å². The first-order valence-corrected chi connectivity index (χ1v) is 7.15. The summed E-state index contributed by atoms with van der Waals surface area (Å²) >= 11 is 0. The van der Waals surface area contributed by atoms with E-state index in [0.717, 1.165) is 24.2 Å². The average Bonchev–Trinajstić information content (AvgIpc) is 2.46. The summed E-state index contributed by atoms with van der Waals surface area (Å²) in [4.78, 5) is 0. The molecule has 2 nitrogen and oxygen atoms in total. The van der Waals surface area contributed by atoms with Gasteiger partial charge in [0.1, 0.15) is 5.75 Å². The Balaban J connectivity index is 2.16. The van der Waals surface area contributed by atoms with Crippen molar-refractivity contribution >= 4 is 16.8 Å². The Morgan fingerprint density at radius 2 is 1.85 bits per heavy atom. The Hall–Kier alpha value is -1.80. The zero-order valence-corrected chi connectivity index (χ0v) is 12.5. The van der Waals surface area contributed by atoms with E-state index in [0.29, 0.717) is 5.92 Å². The van der Waals surface area contributed by atoms with Crippen molar-refractivity contribution in [3.63, 3.8) is 0 Å². The molecule has 1 N–H and O–H groups in total. The fraction of sp³-hybridized carbons (Fsp3) is 0.333. The van der Waals surface area contributed by atoms with Crippen LogP contribution in [0.1, 0.15) is 19.4 Å². The van der Waals surface area contributed by atoms with Crippen LogP contribution in [0.3, 0.4) is 0 Å². The third kappa shape index (κ3) is 3.61. The predicted molar refractivity (Wildman–Crippen MR) is 87.2 cm³/mol. The number of benzene rings is 2. The number of ether oxygens (including phenoxy) is 1. The van der Waals surface area contributed by atoms with Gasteiger partial charge in [-0.15, -0.1) is 0 Å². The van der Waals surface area contributed by atoms with E-state index in [1.165, 1.54) is 10.9 Å². The minimum absolute atomic E-state index is 0.685. The second-order valence-electron chi connectivity index (χ2n) is 5.36. The van der Waals surface area contributed by atoms with Crippen LogP contribution in [0.15, 0.2) is 42.5 Å². The van der Waals surface area contributed by atoms with Gasteiger partial charge in [0.05, 0.1) is 7.11 Å². The Morgan fingerprint density at radius 3 is 2.55 bits per heavy atom. The lowest BCUT2D eigenvalue weighted by molar-refractivity contribution is 0.420. The Labute approximate surface area is 121 Å². The molecule has 2 rings (SSSR count). The molecule has 0 aromatic heterocycles. The molecule has 0 amide bonds. The minimum Gasteiger partial charge on any atom is -0.496 e. The Kier molecular flexibility index (Phi) is 5.19. The van der Waals surface area contributed by atoms with Crippen LogP contribution in [-0.2, 0) is 0 Å². The zero-order valence-electron chi connectivity index (χ0n) is 12.5. The Bertz CT molecular complexity index is 587. The van der Waals surface area contributed by atoms with Gasteiger partial charge in [-0.2, -0.15) is 0 Å². The van der Waals surface area contributed by atoms with Crippen molar-refractivity contribution in [1.29, 1.82) is 0 Å². The molecule has 106 valence electrons. The molecule has 0 saturated heterocycles. The first kappa shape index (κ1) is 14.6. The van der Waals surface area contributed by atoms with Crippen molar-refractivity contribution < 1.29 is 4.74 Å². The highest BCUT2D eigenvalue weighted by atomic mass is 16.5. The maximum Gasteiger partial charge on any atom is 0.126 e. The van der Waals surface area contributed by atoms with E-state index in [4.69, 9.17) is 4.74 Å². The van der Waals surface area contributed by atoms with Gasteiger partial charge >= 0.3 is 0 Å². The molecule has 0 fully saturated rings. The van der Waals surface area contributed by atoms with Crippen LogP contribution < -0.4 is 10.1 Å². The largest absolute Gasteiger partial charge is 0.496 e. The van der Waals surface area contributed by atoms with Gasteiger partial charge in [0.15, 0.2) is 0 Å². The molecule has 2 aromatic carbocycles. The summed E-state index contributed by atoms with van der Waals surface area (Å²) in [7, 11) is 1.72. The van der Waals surface area contributed by atoms with E-state index in [2.05, 4.69) is 55.6 Å². The summed E-state index contributed by atoms with van der Waals surface area (Å²) in [5, 5.41) is 5.80. The van der Waals surface area contributed by atoms with Gasteiger partial charge in [-0.1, -0.05) is 56.3 Å². The first-order valence-electron chi connectivity index (χ1n) is 7.15. The average molecular weight is 269 g/mol. The van der Waals surface area contributed by atoms with E-state index in [1.54, 1.807) is 7.11 Å². The SMILES string of the molecule is COc1ccc(/C=C/CNCC(C)C)c2ccccc12. The van der Waals surface area contributed by atoms with E-state index in [1.807, 2.05) is 12.1 Å². The highest BCUT2D eigenvalue weighted by Gasteiger charge is 2.03. The molecule has 0 aliphatic carbocycles. The summed E-state index contributed by atoms with van der Waals surface area (Å²) < 4.78 is 5.42. The van der Waals surface area contributed by atoms with E-state index in [-0.39, 0.29) is 0 Å². The molecular formula is C18H23NO. The topological polar surface area (TPSA) is 21.3 Å². The van der Waals surface area contributed by atoms with Crippen molar-refractivity contribution in [3.05, 3.63) is 48.0 Å². The molecule has 2 aromatic rings. The molecule has 0 aliphatic rings. The van der Waals surface area contributed by atoms with Crippen molar-refractivity contribution in [2.45, 2.75) is 13.8 Å². The van der Waals surface area contributed by atoms with Gasteiger partial charge in [0.25, 0.3) is 0 Å². The quantitative estimate of drug-likeness (QED) is 0.797. The first-order chi connectivity index (χ1) is 9.72. The summed E-state index contributed by atoms with van der Waals surface area (Å²) in [6.45, 7) is 6.38. The number of methoxy groups -OCH3 is 1. The maximum absolute atomic E-state index is 5.42. The summed E-state index contributed by atoms with van der Waals surface area (Å²) in [6, 6.07) is 12.5. The molecule has 0 aliphatic heterocycles. The molecule has 0 atom stereocenters. The third-order valence-electron chi connectivity index (χ3n) is 3.25. The van der Waals surface area contributed by atoms with Crippen molar-refractivity contribution in [2.24, 2.45) is 5.92 Å². The van der Waals surface area contributed by atoms with E-state index >= 15 is 0 Å². The highest BCUT2D eigenvalue weighted by molar-refractivity contribution is 5.94. The van der Waals surface area contributed by atoms with Gasteiger partial charge in [-0.25, -0.2) is 0 Å². The van der Waals surface area contributed by atoms with Crippen LogP contribution in [-0.4, -0.2) is 20.2 Å². The lowest BCUT2D eigenvalue weighted by atomic mass is 10.0. The van der Waals surface area contributed by atoms with E-state index in [9.17, 15) is 0 Å². The molecule has 0 heterocycles. The van der Waals surface area contributed by atoms with Gasteiger partial charge < -0.3 is 10.1 Å². The van der Waals surface area contributed by atoms with Crippen molar-refractivity contribution in [2.75, 3.05) is 20.2 Å². The van der Waals surface area contributed by atoms with Crippen LogP contribution in [0.4, 0.5) is 0 Å². The number of nitrogens with one attached hydrogen (secondary N) is 1. The van der Waals surface area contributed by atoms with Gasteiger partial charge in [-0.3, -0.25) is 0 Å². The zero-order chi connectivity index (χ0) is 14.4. The lowest BCUT2D eigenvalue weighted by Gasteiger charge is -2.08. The highest BCUT2D eigenvalue weighted by Crippen LogP contribution is 2.28. The standard InChI is InChI=1S/C18H23NO/c1-14(2)13-19-12-6-7-15-10-11-18(20-3)17-9-5-4-8-16(15)17/h4-11,14,19H,12-13H2,1-3H3/b7-6+. The van der Waals surface area contributed by atoms with Crippen LogP contribution in [0.25, 0.3) is 16.8 Å². The van der Waals surface area contributed by atoms with Crippen LogP contribution >= 0.6 is 0 Å². The van der Waals surface area contributed by atoms with Crippen molar-refractivity contribution in [3.8, 4) is 5.75 Å². The molecule has 0 radical (unpaired) electrons. The van der Waals surface area contributed by atoms with Crippen LogP contribution in [0, 0.1) is 5.92 Å². The second-order valence-corrected chi connectivity index (χ2v) is 5.36. The number of fused-ring (bicyclic) bond motifs is 1. The summed E-state index contributed by atoms with van der Waals surface area (Å²) in [6.07, 6.45) is 4.35. The number of rotatable bonds is 6. The molecular weight excluding hydrogens is 246 g/mol. The van der Waals surface area contributed by atoms with Gasteiger partial charge in [-0.05, 0) is 29.5 Å². The molecule has 20 heavy (non-hydrogen) atoms. The third-order valence-corrected chi connectivity index (χ3v) is 3.25.